The second kappa shape index (κ2) is 12.0. The van der Waals surface area contributed by atoms with Crippen LogP contribution in [0.25, 0.3) is 10.8 Å². The average Bonchev–Trinajstić information content (AvgIpc) is 2.83. The molecule has 34 heavy (non-hydrogen) atoms. The van der Waals surface area contributed by atoms with Gasteiger partial charge in [0.1, 0.15) is 6.04 Å². The van der Waals surface area contributed by atoms with Crippen LogP contribution in [-0.2, 0) is 20.7 Å². The Morgan fingerprint density at radius 1 is 1.00 bits per heavy atom. The minimum Gasteiger partial charge on any atom is -0.421 e. The molecule has 2 atom stereocenters. The van der Waals surface area contributed by atoms with E-state index in [2.05, 4.69) is 10.6 Å². The van der Waals surface area contributed by atoms with Crippen LogP contribution in [0, 0.1) is 5.92 Å². The van der Waals surface area contributed by atoms with Crippen molar-refractivity contribution >= 4 is 35.5 Å². The summed E-state index contributed by atoms with van der Waals surface area (Å²) in [5, 5.41) is 26.2. The van der Waals surface area contributed by atoms with Crippen LogP contribution >= 0.6 is 0 Å². The molecule has 0 radical (unpaired) electrons. The number of fused-ring (bicyclic) bond motifs is 1. The molecular weight excluding hydrogens is 437 g/mol. The molecule has 0 spiro atoms. The Labute approximate surface area is 199 Å². The number of rotatable bonds is 9. The smallest absolute Gasteiger partial charge is 0.421 e. The predicted octanol–water partition coefficient (Wildman–Crippen LogP) is 0.905. The van der Waals surface area contributed by atoms with Gasteiger partial charge < -0.3 is 35.1 Å². The fraction of sp³-hybridized carbons (Fsp3) is 0.458. The van der Waals surface area contributed by atoms with Crippen molar-refractivity contribution in [1.82, 2.24) is 15.5 Å². The van der Waals surface area contributed by atoms with E-state index in [1.807, 2.05) is 56.3 Å². The maximum atomic E-state index is 13.3. The highest BCUT2D eigenvalue weighted by molar-refractivity contribution is 6.79. The molecule has 182 valence electrons. The zero-order valence-corrected chi connectivity index (χ0v) is 19.6. The van der Waals surface area contributed by atoms with Gasteiger partial charge in [-0.05, 0) is 28.7 Å². The lowest BCUT2D eigenvalue weighted by Gasteiger charge is -2.30. The van der Waals surface area contributed by atoms with Gasteiger partial charge in [-0.15, -0.1) is 0 Å². The van der Waals surface area contributed by atoms with Crippen LogP contribution in [0.4, 0.5) is 4.79 Å². The molecule has 0 unspecified atom stereocenters. The normalized spacial score (nSPS) is 15.6. The summed E-state index contributed by atoms with van der Waals surface area (Å²) in [6.45, 7) is 5.41. The van der Waals surface area contributed by atoms with E-state index in [1.54, 1.807) is 4.90 Å². The van der Waals surface area contributed by atoms with Gasteiger partial charge in [-0.1, -0.05) is 56.3 Å². The van der Waals surface area contributed by atoms with E-state index in [9.17, 15) is 24.4 Å². The summed E-state index contributed by atoms with van der Waals surface area (Å²) in [6, 6.07) is 11.1. The van der Waals surface area contributed by atoms with Gasteiger partial charge in [-0.2, -0.15) is 0 Å². The second-order valence-electron chi connectivity index (χ2n) is 8.91. The molecule has 2 aromatic carbocycles. The summed E-state index contributed by atoms with van der Waals surface area (Å²) in [5.41, 5.74) is -0.0140. The molecule has 2 aromatic rings. The van der Waals surface area contributed by atoms with Crippen molar-refractivity contribution in [3.63, 3.8) is 0 Å². The summed E-state index contributed by atoms with van der Waals surface area (Å²) in [7, 11) is -2.19. The van der Waals surface area contributed by atoms with Crippen molar-refractivity contribution in [3.05, 3.63) is 48.0 Å². The highest BCUT2D eigenvalue weighted by atomic mass is 16.5. The Morgan fingerprint density at radius 2 is 1.68 bits per heavy atom. The zero-order valence-electron chi connectivity index (χ0n) is 19.6. The van der Waals surface area contributed by atoms with Crippen LogP contribution in [0.15, 0.2) is 42.5 Å². The molecule has 0 saturated carbocycles. The van der Waals surface area contributed by atoms with Gasteiger partial charge in [0.05, 0.1) is 19.3 Å². The fourth-order valence-electron chi connectivity index (χ4n) is 4.08. The molecule has 10 heteroatoms. The molecule has 1 aliphatic rings. The molecule has 9 nitrogen and oxygen atoms in total. The number of morpholine rings is 1. The molecule has 3 amide bonds. The summed E-state index contributed by atoms with van der Waals surface area (Å²) in [5.74, 6) is -0.540. The number of amides is 3. The summed E-state index contributed by atoms with van der Waals surface area (Å²) in [4.78, 5) is 40.1. The Bertz CT molecular complexity index is 1000. The largest absolute Gasteiger partial charge is 0.529 e. The maximum Gasteiger partial charge on any atom is 0.529 e. The third-order valence-corrected chi connectivity index (χ3v) is 5.84. The van der Waals surface area contributed by atoms with Crippen molar-refractivity contribution in [3.8, 4) is 0 Å². The van der Waals surface area contributed by atoms with E-state index in [0.29, 0.717) is 26.3 Å². The van der Waals surface area contributed by atoms with E-state index in [0.717, 1.165) is 16.3 Å². The summed E-state index contributed by atoms with van der Waals surface area (Å²) in [6.07, 6.45) is 0.439. The molecule has 1 aliphatic heterocycles. The molecule has 0 aromatic heterocycles. The first-order valence-electron chi connectivity index (χ1n) is 11.6. The molecule has 4 N–H and O–H groups in total. The second-order valence-corrected chi connectivity index (χ2v) is 8.91. The zero-order chi connectivity index (χ0) is 24.7. The minimum atomic E-state index is -2.19. The molecule has 0 aliphatic carbocycles. The van der Waals surface area contributed by atoms with Gasteiger partial charge in [0.15, 0.2) is 5.68 Å². The maximum absolute atomic E-state index is 13.3. The van der Waals surface area contributed by atoms with Crippen LogP contribution < -0.4 is 10.6 Å². The topological polar surface area (TPSA) is 128 Å². The number of nitrogens with one attached hydrogen (secondary N) is 2. The summed E-state index contributed by atoms with van der Waals surface area (Å²) >= 11 is 0. The van der Waals surface area contributed by atoms with Gasteiger partial charge in [0.2, 0.25) is 5.91 Å². The van der Waals surface area contributed by atoms with Gasteiger partial charge in [-0.25, -0.2) is 4.79 Å². The third kappa shape index (κ3) is 6.79. The molecule has 1 fully saturated rings. The number of benzene rings is 2. The number of hydrogen-bond donors (Lipinski definition) is 4. The van der Waals surface area contributed by atoms with E-state index in [4.69, 9.17) is 4.74 Å². The average molecular weight is 469 g/mol. The number of ether oxygens (including phenoxy) is 1. The number of nitrogens with zero attached hydrogens (tertiary/aromatic N) is 1. The van der Waals surface area contributed by atoms with Crippen LogP contribution in [0.5, 0.6) is 0 Å². The van der Waals surface area contributed by atoms with Gasteiger partial charge in [0.25, 0.3) is 0 Å². The number of carbonyl (C=O) groups is 3. The van der Waals surface area contributed by atoms with Crippen molar-refractivity contribution in [1.29, 1.82) is 0 Å². The first-order valence-corrected chi connectivity index (χ1v) is 11.6. The van der Waals surface area contributed by atoms with Gasteiger partial charge in [0, 0.05) is 19.5 Å². The molecule has 1 heterocycles. The highest BCUT2D eigenvalue weighted by Gasteiger charge is 2.33. The first kappa shape index (κ1) is 25.7. The molecule has 0 bridgehead atoms. The van der Waals surface area contributed by atoms with Crippen molar-refractivity contribution < 1.29 is 29.2 Å². The van der Waals surface area contributed by atoms with E-state index >= 15 is 0 Å². The standard InChI is InChI=1S/C24H32BN3O6/c1-16(2)14-20(22(29)25(32)33)26-23(30)21(27-24(31)28-10-12-34-13-11-28)15-18-8-5-7-17-6-3-4-9-19(17)18/h3-9,16,20-21,32-33H,10-15H2,1-2H3,(H,26,30)(H,27,31)/t20-,21-/m0/s1. The Kier molecular flexibility index (Phi) is 9.03. The highest BCUT2D eigenvalue weighted by Crippen LogP contribution is 2.20. The number of hydrogen-bond acceptors (Lipinski definition) is 6. The van der Waals surface area contributed by atoms with Crippen molar-refractivity contribution in [2.75, 3.05) is 26.3 Å². The van der Waals surface area contributed by atoms with Gasteiger partial charge >= 0.3 is 13.1 Å². The van der Waals surface area contributed by atoms with E-state index < -0.39 is 36.8 Å². The van der Waals surface area contributed by atoms with Crippen LogP contribution in [-0.4, -0.2) is 78.1 Å². The molecular formula is C24H32BN3O6. The van der Waals surface area contributed by atoms with Gasteiger partial charge in [-0.3, -0.25) is 4.79 Å². The first-order chi connectivity index (χ1) is 16.3. The Morgan fingerprint density at radius 3 is 2.35 bits per heavy atom. The quantitative estimate of drug-likeness (QED) is 0.404. The van der Waals surface area contributed by atoms with Crippen LogP contribution in [0.3, 0.4) is 0 Å². The molecule has 1 saturated heterocycles. The lowest BCUT2D eigenvalue weighted by Crippen LogP contribution is -2.57. The van der Waals surface area contributed by atoms with Crippen LogP contribution in [0.2, 0.25) is 0 Å². The van der Waals surface area contributed by atoms with Crippen molar-refractivity contribution in [2.24, 2.45) is 5.92 Å². The Hall–Kier alpha value is -2.95. The van der Waals surface area contributed by atoms with E-state index in [1.165, 1.54) is 0 Å². The summed E-state index contributed by atoms with van der Waals surface area (Å²) < 4.78 is 5.30. The predicted molar refractivity (Wildman–Crippen MR) is 129 cm³/mol. The fourth-order valence-corrected chi connectivity index (χ4v) is 4.08. The van der Waals surface area contributed by atoms with Crippen molar-refractivity contribution in [2.45, 2.75) is 38.8 Å². The van der Waals surface area contributed by atoms with Crippen LogP contribution in [0.1, 0.15) is 25.8 Å². The lowest BCUT2D eigenvalue weighted by molar-refractivity contribution is -0.127. The SMILES string of the molecule is CC(C)C[C@H](NC(=O)[C@H](Cc1cccc2ccccc12)NC(=O)N1CCOCC1)C(=O)B(O)O. The number of carbonyl (C=O) groups excluding carboxylic acids is 3. The monoisotopic (exact) mass is 469 g/mol. The van der Waals surface area contributed by atoms with E-state index in [-0.39, 0.29) is 18.8 Å². The minimum absolute atomic E-state index is 0.0208. The third-order valence-electron chi connectivity index (χ3n) is 5.84. The number of urea groups is 1. The molecule has 3 rings (SSSR count). The Balaban J connectivity index is 1.85. The lowest BCUT2D eigenvalue weighted by atomic mass is 9.77.